The summed E-state index contributed by atoms with van der Waals surface area (Å²) in [5.74, 6) is 0.514. The third kappa shape index (κ3) is 4.10. The van der Waals surface area contributed by atoms with Crippen molar-refractivity contribution in [1.29, 1.82) is 0 Å². The lowest BCUT2D eigenvalue weighted by Crippen LogP contribution is -2.36. The van der Waals surface area contributed by atoms with E-state index in [1.807, 2.05) is 12.1 Å². The van der Waals surface area contributed by atoms with Crippen LogP contribution in [0, 0.1) is 5.92 Å². The maximum atomic E-state index is 9.66. The van der Waals surface area contributed by atoms with Crippen LogP contribution in [0.3, 0.4) is 0 Å². The molecule has 0 saturated carbocycles. The van der Waals surface area contributed by atoms with Crippen molar-refractivity contribution in [3.63, 3.8) is 0 Å². The Morgan fingerprint density at radius 1 is 1.48 bits per heavy atom. The molecular formula is C16H25ClN2O2. The third-order valence-corrected chi connectivity index (χ3v) is 4.45. The average molecular weight is 313 g/mol. The van der Waals surface area contributed by atoms with Gasteiger partial charge in [-0.25, -0.2) is 0 Å². The van der Waals surface area contributed by atoms with Crippen LogP contribution in [0.25, 0.3) is 0 Å². The Bertz CT molecular complexity index is 456. The van der Waals surface area contributed by atoms with Gasteiger partial charge >= 0.3 is 0 Å². The molecule has 21 heavy (non-hydrogen) atoms. The number of ether oxygens (including phenoxy) is 1. The molecule has 4 nitrogen and oxygen atoms in total. The summed E-state index contributed by atoms with van der Waals surface area (Å²) in [5.41, 5.74) is 2.35. The number of rotatable bonds is 7. The zero-order valence-electron chi connectivity index (χ0n) is 12.8. The minimum absolute atomic E-state index is 0.195. The van der Waals surface area contributed by atoms with E-state index in [0.29, 0.717) is 12.5 Å². The van der Waals surface area contributed by atoms with Crippen LogP contribution in [-0.2, 0) is 11.3 Å². The van der Waals surface area contributed by atoms with Gasteiger partial charge < -0.3 is 20.1 Å². The van der Waals surface area contributed by atoms with E-state index >= 15 is 0 Å². The molecule has 0 amide bonds. The number of aliphatic hydroxyl groups excluding tert-OH is 1. The molecule has 1 aromatic carbocycles. The van der Waals surface area contributed by atoms with Gasteiger partial charge in [-0.15, -0.1) is 0 Å². The highest BCUT2D eigenvalue weighted by Crippen LogP contribution is 2.33. The first-order valence-corrected chi connectivity index (χ1v) is 7.90. The molecule has 2 unspecified atom stereocenters. The van der Waals surface area contributed by atoms with Gasteiger partial charge in [-0.1, -0.05) is 18.5 Å². The van der Waals surface area contributed by atoms with Crippen LogP contribution in [-0.4, -0.2) is 44.6 Å². The first-order valence-electron chi connectivity index (χ1n) is 7.53. The Balaban J connectivity index is 2.14. The SMILES string of the molecule is COCCNCc1cc(Cl)ccc1N1CCC(C)C1CO. The lowest BCUT2D eigenvalue weighted by molar-refractivity contribution is 0.199. The fraction of sp³-hybridized carbons (Fsp3) is 0.625. The quantitative estimate of drug-likeness (QED) is 0.758. The highest BCUT2D eigenvalue weighted by Gasteiger charge is 2.31. The average Bonchev–Trinajstić information content (AvgIpc) is 2.84. The van der Waals surface area contributed by atoms with Gasteiger partial charge in [-0.2, -0.15) is 0 Å². The fourth-order valence-corrected chi connectivity index (χ4v) is 3.15. The Morgan fingerprint density at radius 2 is 2.29 bits per heavy atom. The van der Waals surface area contributed by atoms with Gasteiger partial charge in [-0.05, 0) is 36.1 Å². The van der Waals surface area contributed by atoms with E-state index in [-0.39, 0.29) is 12.6 Å². The summed E-state index contributed by atoms with van der Waals surface area (Å²) >= 11 is 6.14. The molecule has 1 fully saturated rings. The molecule has 118 valence electrons. The Labute approximate surface area is 132 Å². The molecule has 1 aliphatic rings. The van der Waals surface area contributed by atoms with Gasteiger partial charge in [0.15, 0.2) is 0 Å². The second-order valence-electron chi connectivity index (χ2n) is 5.65. The molecule has 0 radical (unpaired) electrons. The molecule has 1 heterocycles. The van der Waals surface area contributed by atoms with Gasteiger partial charge in [0.2, 0.25) is 0 Å². The lowest BCUT2D eigenvalue weighted by atomic mass is 10.0. The van der Waals surface area contributed by atoms with E-state index in [0.717, 1.165) is 31.1 Å². The maximum absolute atomic E-state index is 9.66. The summed E-state index contributed by atoms with van der Waals surface area (Å²) in [4.78, 5) is 2.31. The molecule has 2 rings (SSSR count). The number of benzene rings is 1. The number of aliphatic hydroxyl groups is 1. The van der Waals surface area contributed by atoms with Crippen molar-refractivity contribution in [2.24, 2.45) is 5.92 Å². The first kappa shape index (κ1) is 16.6. The number of anilines is 1. The molecular weight excluding hydrogens is 288 g/mol. The molecule has 1 aliphatic heterocycles. The van der Waals surface area contributed by atoms with E-state index in [1.165, 1.54) is 11.3 Å². The standard InChI is InChI=1S/C16H25ClN2O2/c1-12-5-7-19(16(12)11-20)15-4-3-14(17)9-13(15)10-18-6-8-21-2/h3-4,9,12,16,18,20H,5-8,10-11H2,1-2H3. The fourth-order valence-electron chi connectivity index (χ4n) is 2.96. The second kappa shape index (κ2) is 7.99. The summed E-state index contributed by atoms with van der Waals surface area (Å²) in [6.45, 7) is 5.63. The van der Waals surface area contributed by atoms with Crippen LogP contribution >= 0.6 is 11.6 Å². The second-order valence-corrected chi connectivity index (χ2v) is 6.09. The van der Waals surface area contributed by atoms with Crippen molar-refractivity contribution in [2.45, 2.75) is 25.9 Å². The number of nitrogens with one attached hydrogen (secondary N) is 1. The molecule has 2 N–H and O–H groups in total. The minimum Gasteiger partial charge on any atom is -0.394 e. The third-order valence-electron chi connectivity index (χ3n) is 4.22. The summed E-state index contributed by atoms with van der Waals surface area (Å²) in [5, 5.41) is 13.8. The lowest BCUT2D eigenvalue weighted by Gasteiger charge is -2.29. The number of hydrogen-bond donors (Lipinski definition) is 2. The largest absolute Gasteiger partial charge is 0.394 e. The number of methoxy groups -OCH3 is 1. The van der Waals surface area contributed by atoms with Crippen molar-refractivity contribution in [1.82, 2.24) is 5.32 Å². The van der Waals surface area contributed by atoms with E-state index < -0.39 is 0 Å². The molecule has 2 atom stereocenters. The number of nitrogens with zero attached hydrogens (tertiary/aromatic N) is 1. The molecule has 1 saturated heterocycles. The summed E-state index contributed by atoms with van der Waals surface area (Å²) in [7, 11) is 1.70. The first-order chi connectivity index (χ1) is 10.2. The predicted molar refractivity (Wildman–Crippen MR) is 87.0 cm³/mol. The van der Waals surface area contributed by atoms with Gasteiger partial charge in [0.05, 0.1) is 19.3 Å². The van der Waals surface area contributed by atoms with E-state index in [1.54, 1.807) is 7.11 Å². The molecule has 0 aliphatic carbocycles. The van der Waals surface area contributed by atoms with Crippen LogP contribution in [0.5, 0.6) is 0 Å². The molecule has 0 bridgehead atoms. The molecule has 5 heteroatoms. The monoisotopic (exact) mass is 312 g/mol. The number of hydrogen-bond acceptors (Lipinski definition) is 4. The van der Waals surface area contributed by atoms with E-state index in [2.05, 4.69) is 23.2 Å². The van der Waals surface area contributed by atoms with Crippen LogP contribution in [0.15, 0.2) is 18.2 Å². The predicted octanol–water partition coefficient (Wildman–Crippen LogP) is 2.28. The van der Waals surface area contributed by atoms with Gasteiger partial charge in [0.25, 0.3) is 0 Å². The Hall–Kier alpha value is -0.810. The normalized spacial score (nSPS) is 22.0. The smallest absolute Gasteiger partial charge is 0.0637 e. The highest BCUT2D eigenvalue weighted by molar-refractivity contribution is 6.30. The maximum Gasteiger partial charge on any atom is 0.0637 e. The van der Waals surface area contributed by atoms with Crippen molar-refractivity contribution in [2.75, 3.05) is 38.3 Å². The molecule has 0 spiro atoms. The summed E-state index contributed by atoms with van der Waals surface area (Å²) in [6.07, 6.45) is 1.12. The van der Waals surface area contributed by atoms with Gasteiger partial charge in [0, 0.05) is 37.5 Å². The van der Waals surface area contributed by atoms with E-state index in [4.69, 9.17) is 16.3 Å². The van der Waals surface area contributed by atoms with Gasteiger partial charge in [-0.3, -0.25) is 0 Å². The van der Waals surface area contributed by atoms with Crippen LogP contribution in [0.2, 0.25) is 5.02 Å². The zero-order chi connectivity index (χ0) is 15.2. The zero-order valence-corrected chi connectivity index (χ0v) is 13.6. The van der Waals surface area contributed by atoms with Crippen molar-refractivity contribution in [3.05, 3.63) is 28.8 Å². The molecule has 1 aromatic rings. The minimum atomic E-state index is 0.195. The van der Waals surface area contributed by atoms with Crippen molar-refractivity contribution >= 4 is 17.3 Å². The van der Waals surface area contributed by atoms with Gasteiger partial charge in [0.1, 0.15) is 0 Å². The van der Waals surface area contributed by atoms with Crippen LogP contribution in [0.1, 0.15) is 18.9 Å². The highest BCUT2D eigenvalue weighted by atomic mass is 35.5. The van der Waals surface area contributed by atoms with Crippen LogP contribution in [0.4, 0.5) is 5.69 Å². The van der Waals surface area contributed by atoms with Crippen LogP contribution < -0.4 is 10.2 Å². The Kier molecular flexibility index (Phi) is 6.30. The van der Waals surface area contributed by atoms with E-state index in [9.17, 15) is 5.11 Å². The summed E-state index contributed by atoms with van der Waals surface area (Å²) < 4.78 is 5.05. The topological polar surface area (TPSA) is 44.7 Å². The molecule has 0 aromatic heterocycles. The summed E-state index contributed by atoms with van der Waals surface area (Å²) in [6, 6.07) is 6.20. The van der Waals surface area contributed by atoms with Crippen molar-refractivity contribution < 1.29 is 9.84 Å². The van der Waals surface area contributed by atoms with Crippen molar-refractivity contribution in [3.8, 4) is 0 Å². The number of halogens is 1. The Morgan fingerprint density at radius 3 is 3.00 bits per heavy atom.